The van der Waals surface area contributed by atoms with Gasteiger partial charge in [0, 0.05) is 42.0 Å². The molecule has 0 bridgehead atoms. The Labute approximate surface area is 599 Å². The zero-order valence-electron chi connectivity index (χ0n) is 47.8. The topological polar surface area (TPSA) is 243 Å². The summed E-state index contributed by atoms with van der Waals surface area (Å²) in [6.45, 7) is 0.923. The smallest absolute Gasteiger partial charge is 1.00 e. The number of anilines is 2. The summed E-state index contributed by atoms with van der Waals surface area (Å²) in [5, 5.41) is 33.3. The SMILES string of the molecule is COc1ccc(Cn2nc(Br)c3c(Cl)ccnc32)cc1.COc1ccc(Cn2nc(Br)c3c(Oc4ccc(C(=O)Nc5cc(C(F)(F)F)ccn5)cc4)ccnc32)cc1.O=C(Nc1cc(C(F)(F)F)ccn1)c1ccc(O)cc1.O=CO[O-].[2H]CF.[H-].[K+].[K+]. The third-order valence-corrected chi connectivity index (χ3v) is 12.7. The molecule has 0 spiro atoms. The van der Waals surface area contributed by atoms with Crippen LogP contribution >= 0.6 is 43.5 Å². The minimum Gasteiger partial charge on any atom is -1.00 e. The Bertz CT molecular complexity index is 3890. The number of hydrogen-bond donors (Lipinski definition) is 3. The van der Waals surface area contributed by atoms with Gasteiger partial charge in [-0.05, 0) is 146 Å². The molecule has 0 aliphatic heterocycles. The van der Waals surface area contributed by atoms with Crippen molar-refractivity contribution < 1.29 is 180 Å². The largest absolute Gasteiger partial charge is 1.00 e. The van der Waals surface area contributed by atoms with Gasteiger partial charge in [0.1, 0.15) is 49.6 Å². The first kappa shape index (κ1) is 71.8. The number of benzene rings is 4. The number of phenols is 1. The number of rotatable bonds is 13. The normalized spacial score (nSPS) is 10.7. The van der Waals surface area contributed by atoms with E-state index in [1.54, 1.807) is 55.6 Å². The molecule has 31 heteroatoms. The van der Waals surface area contributed by atoms with Crippen molar-refractivity contribution in [1.29, 1.82) is 0 Å². The zero-order chi connectivity index (χ0) is 62.6. The van der Waals surface area contributed by atoms with Gasteiger partial charge in [-0.1, -0.05) is 35.9 Å². The van der Waals surface area contributed by atoms with Crippen LogP contribution in [0.1, 0.15) is 45.8 Å². The number of carbonyl (C=O) groups is 3. The third-order valence-electron chi connectivity index (χ3n) is 11.2. The Hall–Kier alpha value is -5.98. The fourth-order valence-electron chi connectivity index (χ4n) is 7.30. The van der Waals surface area contributed by atoms with Crippen LogP contribution in [0.2, 0.25) is 5.02 Å². The molecule has 10 rings (SSSR count). The molecule has 0 saturated heterocycles. The predicted molar refractivity (Wildman–Crippen MR) is 304 cm³/mol. The van der Waals surface area contributed by atoms with Crippen LogP contribution in [0.4, 0.5) is 42.4 Å². The summed E-state index contributed by atoms with van der Waals surface area (Å²) in [5.74, 6) is 0.891. The first-order valence-electron chi connectivity index (χ1n) is 24.6. The molecule has 3 N–H and O–H groups in total. The van der Waals surface area contributed by atoms with Crippen LogP contribution in [0.25, 0.3) is 22.1 Å². The second-order valence-corrected chi connectivity index (χ2v) is 18.6. The molecular weight excluding hydrogens is 1360 g/mol. The summed E-state index contributed by atoms with van der Waals surface area (Å²) < 4.78 is 113. The predicted octanol–water partition coefficient (Wildman–Crippen LogP) is 6.81. The number of nitrogens with one attached hydrogen (secondary N) is 2. The van der Waals surface area contributed by atoms with E-state index in [9.17, 15) is 40.3 Å². The molecule has 4 aromatic carbocycles. The molecule has 0 fully saturated rings. The minimum atomic E-state index is -4.54. The molecule has 6 heterocycles. The minimum absolute atomic E-state index is 0. The summed E-state index contributed by atoms with van der Waals surface area (Å²) >= 11 is 13.1. The average Bonchev–Trinajstić information content (AvgIpc) is 2.48. The Morgan fingerprint density at radius 2 is 1.02 bits per heavy atom. The molecule has 0 aliphatic carbocycles. The fourth-order valence-corrected chi connectivity index (χ4v) is 8.79. The van der Waals surface area contributed by atoms with Crippen molar-refractivity contribution in [2.24, 2.45) is 0 Å². The van der Waals surface area contributed by atoms with Gasteiger partial charge in [-0.3, -0.25) is 18.8 Å². The van der Waals surface area contributed by atoms with E-state index in [0.717, 1.165) is 70.3 Å². The molecule has 87 heavy (non-hydrogen) atoms. The first-order valence-corrected chi connectivity index (χ1v) is 25.8. The molecule has 444 valence electrons. The fraction of sp³-hybridized carbons (Fsp3) is 0.125. The van der Waals surface area contributed by atoms with E-state index >= 15 is 0 Å². The van der Waals surface area contributed by atoms with Crippen LogP contribution in [0.3, 0.4) is 0 Å². The van der Waals surface area contributed by atoms with Crippen molar-refractivity contribution in [1.82, 2.24) is 39.5 Å². The van der Waals surface area contributed by atoms with Crippen LogP contribution < -0.4 is 133 Å². The third kappa shape index (κ3) is 21.4. The van der Waals surface area contributed by atoms with E-state index in [0.29, 0.717) is 49.9 Å². The monoisotopic (exact) mass is 1410 g/mol. The number of pyridine rings is 4. The second kappa shape index (κ2) is 35.3. The van der Waals surface area contributed by atoms with Crippen LogP contribution in [-0.4, -0.2) is 84.3 Å². The van der Waals surface area contributed by atoms with E-state index in [1.165, 1.54) is 36.4 Å². The number of aromatic hydroxyl groups is 1. The number of amides is 2. The van der Waals surface area contributed by atoms with Crippen molar-refractivity contribution in [2.75, 3.05) is 32.0 Å². The van der Waals surface area contributed by atoms with Gasteiger partial charge in [0.05, 0.1) is 62.8 Å². The van der Waals surface area contributed by atoms with E-state index in [2.05, 4.69) is 77.5 Å². The quantitative estimate of drug-likeness (QED) is 0.0353. The van der Waals surface area contributed by atoms with Gasteiger partial charge < -0.3 is 41.5 Å². The maximum absolute atomic E-state index is 12.9. The van der Waals surface area contributed by atoms with Crippen molar-refractivity contribution in [3.8, 4) is 28.7 Å². The summed E-state index contributed by atoms with van der Waals surface area (Å²) in [6, 6.07) is 33.6. The van der Waals surface area contributed by atoms with Crippen molar-refractivity contribution >= 4 is 95.4 Å². The van der Waals surface area contributed by atoms with Gasteiger partial charge >= 0.3 is 115 Å². The van der Waals surface area contributed by atoms with Gasteiger partial charge in [0.15, 0.2) is 11.3 Å². The van der Waals surface area contributed by atoms with E-state index in [4.69, 9.17) is 42.3 Å². The number of carbonyl (C=O) groups excluding carboxylic acids is 3. The second-order valence-electron chi connectivity index (χ2n) is 16.7. The van der Waals surface area contributed by atoms with Crippen LogP contribution in [-0.2, 0) is 35.1 Å². The molecule has 0 radical (unpaired) electrons. The number of hydrogen-bond acceptors (Lipinski definition) is 15. The van der Waals surface area contributed by atoms with Gasteiger partial charge in [0.2, 0.25) is 0 Å². The number of nitrogens with zero attached hydrogens (tertiary/aromatic N) is 8. The molecule has 0 unspecified atom stereocenters. The number of aromatic nitrogens is 8. The Morgan fingerprint density at radius 1 is 0.644 bits per heavy atom. The van der Waals surface area contributed by atoms with Gasteiger partial charge in [-0.25, -0.2) is 29.3 Å². The zero-order valence-corrected chi connectivity index (χ0v) is 56.0. The molecule has 6 aromatic heterocycles. The standard InChI is InChI=1S/C27H19BrF3N5O3.C14H11BrClN3O.C13H9F3N2O2.CH3F.CH2O3.2K.H/c1-38-19-6-2-16(3-7-19)15-36-25-23(24(28)35-36)21(11-13-33-25)39-20-8-4-17(5-9-20)26(37)34-22-14-18(10-12-32-22)27(29,30)31;1-20-10-4-2-9(3-5-10)8-19-14-12(13(15)18-19)11(16)6-7-17-14;14-13(15,16)9-5-6-17-11(7-9)18-12(20)8-1-3-10(19)4-2-8;1-2;2-1-4-3;;;/h2-14H,15H2,1H3,(H,32,34,37);2-7H,8H2,1H3;1-7,19H,(H,17,18,20);1H3;1,3H;;;/q;;;;;2*+1;-1/p-1/i;;;1D;;;;. The Morgan fingerprint density at radius 3 is 1.44 bits per heavy atom. The maximum atomic E-state index is 12.9. The first-order chi connectivity index (χ1) is 41.1. The molecule has 10 aromatic rings. The Balaban J connectivity index is 0.000000351. The number of alkyl halides is 7. The van der Waals surface area contributed by atoms with Crippen LogP contribution in [0, 0.1) is 0 Å². The molecular formula is C56H44Br2ClF7K2N10O9. The number of ether oxygens (including phenoxy) is 3. The number of halogens is 10. The number of fused-ring (bicyclic) bond motifs is 2. The summed E-state index contributed by atoms with van der Waals surface area (Å²) in [4.78, 5) is 51.8. The summed E-state index contributed by atoms with van der Waals surface area (Å²) in [7, 11) is 2.26. The summed E-state index contributed by atoms with van der Waals surface area (Å²) in [5.41, 5.74) is 2.11. The molecule has 19 nitrogen and oxygen atoms in total. The van der Waals surface area contributed by atoms with Crippen LogP contribution in [0.5, 0.6) is 28.7 Å². The van der Waals surface area contributed by atoms with E-state index in [1.807, 2.05) is 53.2 Å². The molecule has 0 atom stereocenters. The van der Waals surface area contributed by atoms with Crippen LogP contribution in [0.15, 0.2) is 167 Å². The Kier molecular flexibility index (Phi) is 29.1. The molecule has 0 saturated carbocycles. The van der Waals surface area contributed by atoms with Gasteiger partial charge in [-0.2, -0.15) is 36.5 Å². The number of phenolic OH excluding ortho intramolecular Hbond substituents is 1. The van der Waals surface area contributed by atoms with Gasteiger partial charge in [-0.15, -0.1) is 0 Å². The number of methoxy groups -OCH3 is 2. The molecule has 2 amide bonds. The summed E-state index contributed by atoms with van der Waals surface area (Å²) in [6.07, 6.45) is -3.79. The molecule has 0 aliphatic rings. The van der Waals surface area contributed by atoms with E-state index < -0.39 is 42.4 Å². The van der Waals surface area contributed by atoms with E-state index in [-0.39, 0.29) is 139 Å². The van der Waals surface area contributed by atoms with Crippen molar-refractivity contribution in [3.63, 3.8) is 0 Å². The average molecular weight is 1410 g/mol. The maximum Gasteiger partial charge on any atom is 1.00 e. The van der Waals surface area contributed by atoms with Crippen molar-refractivity contribution in [3.05, 3.63) is 206 Å². The van der Waals surface area contributed by atoms with Gasteiger partial charge in [0.25, 0.3) is 18.3 Å². The van der Waals surface area contributed by atoms with Crippen molar-refractivity contribution in [2.45, 2.75) is 25.4 Å².